The molecule has 1 fully saturated rings. The molecule has 22 heteroatoms. The van der Waals surface area contributed by atoms with Gasteiger partial charge >= 0.3 is 12.1 Å². The lowest BCUT2D eigenvalue weighted by atomic mass is 9.90. The van der Waals surface area contributed by atoms with Gasteiger partial charge in [-0.3, -0.25) is 14.4 Å². The number of aliphatic hydroxyl groups excluding tert-OH is 3. The number of imide groups is 1. The third-order valence-electron chi connectivity index (χ3n) is 9.32. The highest BCUT2D eigenvalue weighted by Crippen LogP contribution is 2.25. The van der Waals surface area contributed by atoms with Gasteiger partial charge in [0.1, 0.15) is 18.3 Å². The van der Waals surface area contributed by atoms with Crippen molar-refractivity contribution in [2.45, 2.75) is 63.1 Å². The molecule has 63 heavy (non-hydrogen) atoms. The largest absolute Gasteiger partial charge is 0.394 e. The van der Waals surface area contributed by atoms with Crippen LogP contribution in [0.1, 0.15) is 32.6 Å². The number of hydrogen-bond acceptors (Lipinski definition) is 16. The molecule has 0 bridgehead atoms. The zero-order valence-electron chi connectivity index (χ0n) is 36.0. The summed E-state index contributed by atoms with van der Waals surface area (Å²) in [6, 6.07) is 4.84. The molecular formula is C41H66N6O16. The summed E-state index contributed by atoms with van der Waals surface area (Å²) in [5.41, 5.74) is 0.921. The first-order valence-electron chi connectivity index (χ1n) is 21.3. The Hall–Kier alpha value is -4.33. The fraction of sp³-hybridized carbons (Fsp3) is 0.683. The molecule has 1 aromatic rings. The molecule has 1 saturated heterocycles. The molecule has 1 aromatic carbocycles. The van der Waals surface area contributed by atoms with Gasteiger partial charge in [-0.1, -0.05) is 12.8 Å². The molecule has 2 heterocycles. The lowest BCUT2D eigenvalue weighted by Gasteiger charge is -2.42. The van der Waals surface area contributed by atoms with Gasteiger partial charge in [-0.05, 0) is 37.1 Å². The van der Waals surface area contributed by atoms with E-state index in [4.69, 9.17) is 37.9 Å². The van der Waals surface area contributed by atoms with Crippen LogP contribution in [0.5, 0.6) is 0 Å². The van der Waals surface area contributed by atoms with Crippen LogP contribution in [0, 0.1) is 0 Å². The van der Waals surface area contributed by atoms with Crippen molar-refractivity contribution in [3.8, 4) is 0 Å². The molecular weight excluding hydrogens is 832 g/mol. The number of anilines is 2. The molecule has 0 unspecified atom stereocenters. The Kier molecular flexibility index (Phi) is 27.2. The van der Waals surface area contributed by atoms with Crippen molar-refractivity contribution >= 4 is 41.2 Å². The molecule has 22 nitrogen and oxygen atoms in total. The number of ether oxygens (including phenoxy) is 8. The van der Waals surface area contributed by atoms with E-state index in [-0.39, 0.29) is 18.5 Å². The summed E-state index contributed by atoms with van der Waals surface area (Å²) in [5.74, 6) is -1.16. The number of carbonyl (C=O) groups excluding carboxylic acids is 5. The van der Waals surface area contributed by atoms with E-state index in [1.54, 1.807) is 24.3 Å². The van der Waals surface area contributed by atoms with Gasteiger partial charge in [0.05, 0.1) is 110 Å². The molecule has 2 aliphatic heterocycles. The Morgan fingerprint density at radius 1 is 0.603 bits per heavy atom. The predicted octanol–water partition coefficient (Wildman–Crippen LogP) is -0.800. The Labute approximate surface area is 367 Å². The van der Waals surface area contributed by atoms with Crippen molar-refractivity contribution in [2.24, 2.45) is 0 Å². The van der Waals surface area contributed by atoms with Crippen LogP contribution in [-0.2, 0) is 52.3 Å². The van der Waals surface area contributed by atoms with E-state index in [0.29, 0.717) is 123 Å². The topological polar surface area (TPSA) is 283 Å². The number of urea groups is 2. The van der Waals surface area contributed by atoms with Crippen LogP contribution >= 0.6 is 0 Å². The Balaban J connectivity index is 0.982. The van der Waals surface area contributed by atoms with Crippen LogP contribution in [0.4, 0.5) is 21.0 Å². The van der Waals surface area contributed by atoms with E-state index >= 15 is 0 Å². The summed E-state index contributed by atoms with van der Waals surface area (Å²) in [6.45, 7) is 7.27. The number of amides is 7. The first-order valence-corrected chi connectivity index (χ1v) is 21.3. The molecule has 5 atom stereocenters. The van der Waals surface area contributed by atoms with Gasteiger partial charge < -0.3 is 79.8 Å². The minimum absolute atomic E-state index is 0.290. The first-order chi connectivity index (χ1) is 30.6. The number of unbranched alkanes of at least 4 members (excludes halogenated alkanes) is 2. The highest BCUT2D eigenvalue weighted by atomic mass is 16.6. The second-order valence-electron chi connectivity index (χ2n) is 14.2. The molecule has 356 valence electrons. The third kappa shape index (κ3) is 22.2. The van der Waals surface area contributed by atoms with Crippen LogP contribution in [0.2, 0.25) is 0 Å². The molecule has 2 aliphatic rings. The molecule has 0 aliphatic carbocycles. The maximum absolute atomic E-state index is 12.1. The average molecular weight is 899 g/mol. The molecule has 0 saturated carbocycles. The summed E-state index contributed by atoms with van der Waals surface area (Å²) in [7, 11) is 0. The monoisotopic (exact) mass is 898 g/mol. The van der Waals surface area contributed by atoms with E-state index in [0.717, 1.165) is 24.2 Å². The molecule has 0 spiro atoms. The van der Waals surface area contributed by atoms with Gasteiger partial charge in [0.25, 0.3) is 11.8 Å². The predicted molar refractivity (Wildman–Crippen MR) is 226 cm³/mol. The highest BCUT2D eigenvalue weighted by molar-refractivity contribution is 6.28. The van der Waals surface area contributed by atoms with Crippen LogP contribution in [0.15, 0.2) is 36.4 Å². The second kappa shape index (κ2) is 32.3. The summed E-state index contributed by atoms with van der Waals surface area (Å²) in [6.07, 6.45) is 1.38. The van der Waals surface area contributed by atoms with Crippen LogP contribution in [0.3, 0.4) is 0 Å². The zero-order valence-corrected chi connectivity index (χ0v) is 36.0. The molecule has 0 radical (unpaired) electrons. The van der Waals surface area contributed by atoms with Crippen molar-refractivity contribution < 1.29 is 77.2 Å². The SMILES string of the molecule is CC(=O)N[C@@H]1[C@@H](O)[C@@H](O)[C@@H](CO)O[C@@H]1CCCCCOCCOCCNC(=O)NCCOCCOCCOCCOCCOCCNC(=O)Nc1ccc(N2C(=O)C=CC2=O)cc1. The fourth-order valence-corrected chi connectivity index (χ4v) is 6.18. The number of hydrogen-bond donors (Lipinski definition) is 8. The van der Waals surface area contributed by atoms with E-state index in [9.17, 15) is 39.3 Å². The second-order valence-corrected chi connectivity index (χ2v) is 14.2. The normalized spacial score (nSPS) is 19.6. The molecule has 0 aromatic heterocycles. The van der Waals surface area contributed by atoms with Gasteiger partial charge in [-0.15, -0.1) is 0 Å². The van der Waals surface area contributed by atoms with E-state index in [1.165, 1.54) is 19.1 Å². The average Bonchev–Trinajstić information content (AvgIpc) is 3.61. The fourth-order valence-electron chi connectivity index (χ4n) is 6.18. The first kappa shape index (κ1) is 53.0. The van der Waals surface area contributed by atoms with Crippen molar-refractivity contribution in [1.82, 2.24) is 21.3 Å². The standard InChI is InChI=1S/C41H66N6O16/c1-30(49)45-37-33(63-34(29-48)38(52)39(37)53)5-3-2-4-15-56-19-20-57-16-12-42-40(54)43-13-17-58-21-23-60-25-27-62-28-26-61-24-22-59-18-14-44-41(55)46-31-6-8-32(9-7-31)47-35(50)10-11-36(47)51/h6-11,33-34,37-39,48,52-53H,2-5,12-29H2,1H3,(H,45,49)(H2,42,43,54)(H2,44,46,55)/t33-,34-,37+,38+,39-/m1/s1. The van der Waals surface area contributed by atoms with Crippen molar-refractivity contribution in [2.75, 3.05) is 129 Å². The summed E-state index contributed by atoms with van der Waals surface area (Å²) < 4.78 is 44.1. The zero-order chi connectivity index (χ0) is 45.5. The van der Waals surface area contributed by atoms with Crippen molar-refractivity contribution in [1.29, 1.82) is 0 Å². The van der Waals surface area contributed by atoms with Gasteiger partial charge in [0.15, 0.2) is 0 Å². The number of rotatable bonds is 34. The number of carbonyl (C=O) groups is 5. The van der Waals surface area contributed by atoms with Crippen molar-refractivity contribution in [3.05, 3.63) is 36.4 Å². The lowest BCUT2D eigenvalue weighted by molar-refractivity contribution is -0.196. The molecule has 7 amide bonds. The van der Waals surface area contributed by atoms with E-state index < -0.39 is 54.9 Å². The maximum atomic E-state index is 12.1. The maximum Gasteiger partial charge on any atom is 0.319 e. The third-order valence-corrected chi connectivity index (χ3v) is 9.32. The lowest BCUT2D eigenvalue weighted by Crippen LogP contribution is -2.63. The summed E-state index contributed by atoms with van der Waals surface area (Å²) in [4.78, 5) is 60.1. The van der Waals surface area contributed by atoms with Crippen LogP contribution < -0.4 is 31.5 Å². The van der Waals surface area contributed by atoms with Gasteiger partial charge in [0.2, 0.25) is 5.91 Å². The van der Waals surface area contributed by atoms with Gasteiger partial charge in [-0.2, -0.15) is 0 Å². The minimum atomic E-state index is -1.28. The molecule has 8 N–H and O–H groups in total. The summed E-state index contributed by atoms with van der Waals surface area (Å²) >= 11 is 0. The van der Waals surface area contributed by atoms with E-state index in [1.807, 2.05) is 0 Å². The van der Waals surface area contributed by atoms with Crippen LogP contribution in [0.25, 0.3) is 0 Å². The number of nitrogens with zero attached hydrogens (tertiary/aromatic N) is 1. The number of benzene rings is 1. The highest BCUT2D eigenvalue weighted by Gasteiger charge is 2.44. The smallest absolute Gasteiger partial charge is 0.319 e. The Morgan fingerprint density at radius 3 is 1.54 bits per heavy atom. The van der Waals surface area contributed by atoms with Gasteiger partial charge in [0, 0.05) is 51.0 Å². The van der Waals surface area contributed by atoms with Crippen LogP contribution in [-0.4, -0.2) is 194 Å². The number of aliphatic hydroxyl groups is 3. The Bertz CT molecular complexity index is 1490. The molecule has 3 rings (SSSR count). The summed E-state index contributed by atoms with van der Waals surface area (Å²) in [5, 5.41) is 43.3. The van der Waals surface area contributed by atoms with Gasteiger partial charge in [-0.25, -0.2) is 14.5 Å². The van der Waals surface area contributed by atoms with E-state index in [2.05, 4.69) is 26.6 Å². The Morgan fingerprint density at radius 2 is 1.06 bits per heavy atom. The van der Waals surface area contributed by atoms with Crippen molar-refractivity contribution in [3.63, 3.8) is 0 Å². The quantitative estimate of drug-likeness (QED) is 0.0311. The number of nitrogens with one attached hydrogen (secondary N) is 5. The minimum Gasteiger partial charge on any atom is -0.394 e.